The summed E-state index contributed by atoms with van der Waals surface area (Å²) >= 11 is 0. The number of likely N-dealkylation sites (tertiary alicyclic amines) is 1. The topological polar surface area (TPSA) is 67.2 Å². The molecule has 178 valence electrons. The van der Waals surface area contributed by atoms with E-state index in [0.29, 0.717) is 5.92 Å². The van der Waals surface area contributed by atoms with Crippen molar-refractivity contribution in [1.82, 2.24) is 20.0 Å². The van der Waals surface area contributed by atoms with Crippen molar-refractivity contribution in [3.05, 3.63) is 89.2 Å². The maximum absolute atomic E-state index is 14.4. The Morgan fingerprint density at radius 2 is 1.71 bits per heavy atom. The number of carbonyl (C=O) groups excluding carboxylic acids is 2. The van der Waals surface area contributed by atoms with Crippen molar-refractivity contribution in [2.45, 2.75) is 50.9 Å². The van der Waals surface area contributed by atoms with E-state index in [4.69, 9.17) is 0 Å². The first-order chi connectivity index (χ1) is 16.3. The molecule has 1 aliphatic rings. The molecule has 0 radical (unpaired) electrons. The van der Waals surface area contributed by atoms with E-state index in [9.17, 15) is 14.0 Å². The summed E-state index contributed by atoms with van der Waals surface area (Å²) in [7, 11) is 1.77. The van der Waals surface area contributed by atoms with Gasteiger partial charge in [0.15, 0.2) is 0 Å². The Labute approximate surface area is 199 Å². The van der Waals surface area contributed by atoms with Crippen LogP contribution in [0.15, 0.2) is 67.0 Å². The van der Waals surface area contributed by atoms with E-state index in [1.807, 2.05) is 42.5 Å². The van der Waals surface area contributed by atoms with E-state index >= 15 is 0 Å². The Bertz CT molecular complexity index is 1130. The third kappa shape index (κ3) is 5.35. The Kier molecular flexibility index (Phi) is 7.10. The minimum absolute atomic E-state index is 0.00158. The monoisotopic (exact) mass is 462 g/mol. The first-order valence-electron chi connectivity index (χ1n) is 11.7. The summed E-state index contributed by atoms with van der Waals surface area (Å²) in [5.41, 5.74) is 3.81. The zero-order valence-electron chi connectivity index (χ0n) is 19.8. The standard InChI is InChI=1S/C27H31FN4O2/c1-18(2)20-9-11-22(12-10-20)26(21-7-5-4-6-8-21)30-27(34)24-14-23(28)17-32(24)25(33)13-19-15-29-31(3)16-19/h4-12,15-16,18,23-24,26H,13-14,17H2,1-3H3,(H,30,34)/t23-,24+,26+/m1/s1. The van der Waals surface area contributed by atoms with Gasteiger partial charge in [-0.05, 0) is 28.2 Å². The van der Waals surface area contributed by atoms with Crippen LogP contribution in [-0.4, -0.2) is 45.3 Å². The lowest BCUT2D eigenvalue weighted by Gasteiger charge is -2.27. The van der Waals surface area contributed by atoms with Crippen LogP contribution in [0.3, 0.4) is 0 Å². The zero-order valence-corrected chi connectivity index (χ0v) is 19.8. The number of aromatic nitrogens is 2. The fourth-order valence-electron chi connectivity index (χ4n) is 4.46. The largest absolute Gasteiger partial charge is 0.343 e. The molecule has 1 fully saturated rings. The van der Waals surface area contributed by atoms with Gasteiger partial charge in [-0.1, -0.05) is 68.4 Å². The summed E-state index contributed by atoms with van der Waals surface area (Å²) < 4.78 is 16.0. The first kappa shape index (κ1) is 23.7. The maximum Gasteiger partial charge on any atom is 0.243 e. The molecule has 1 aromatic heterocycles. The summed E-state index contributed by atoms with van der Waals surface area (Å²) in [5, 5.41) is 7.18. The molecule has 6 nitrogen and oxygen atoms in total. The van der Waals surface area contributed by atoms with Gasteiger partial charge >= 0.3 is 0 Å². The van der Waals surface area contributed by atoms with E-state index in [0.717, 1.165) is 16.7 Å². The van der Waals surface area contributed by atoms with Gasteiger partial charge < -0.3 is 10.2 Å². The van der Waals surface area contributed by atoms with Gasteiger partial charge in [0.1, 0.15) is 12.2 Å². The smallest absolute Gasteiger partial charge is 0.243 e. The predicted molar refractivity (Wildman–Crippen MR) is 129 cm³/mol. The molecule has 3 atom stereocenters. The van der Waals surface area contributed by atoms with E-state index in [2.05, 4.69) is 36.4 Å². The molecule has 2 heterocycles. The van der Waals surface area contributed by atoms with Crippen LogP contribution in [0, 0.1) is 0 Å². The number of hydrogen-bond acceptors (Lipinski definition) is 3. The molecule has 3 aromatic rings. The summed E-state index contributed by atoms with van der Waals surface area (Å²) in [4.78, 5) is 27.7. The van der Waals surface area contributed by atoms with Gasteiger partial charge in [0.2, 0.25) is 11.8 Å². The molecule has 0 aliphatic carbocycles. The first-order valence-corrected chi connectivity index (χ1v) is 11.7. The molecule has 0 unspecified atom stereocenters. The predicted octanol–water partition coefficient (Wildman–Crippen LogP) is 3.93. The highest BCUT2D eigenvalue weighted by atomic mass is 19.1. The van der Waals surface area contributed by atoms with Gasteiger partial charge in [-0.15, -0.1) is 0 Å². The van der Waals surface area contributed by atoms with Gasteiger partial charge in [0.25, 0.3) is 0 Å². The maximum atomic E-state index is 14.4. The molecule has 7 heteroatoms. The van der Waals surface area contributed by atoms with E-state index in [1.54, 1.807) is 24.1 Å². The Hall–Kier alpha value is -3.48. The van der Waals surface area contributed by atoms with E-state index in [-0.39, 0.29) is 31.2 Å². The third-order valence-electron chi connectivity index (χ3n) is 6.34. The van der Waals surface area contributed by atoms with Gasteiger partial charge in [-0.3, -0.25) is 14.3 Å². The van der Waals surface area contributed by atoms with Gasteiger partial charge in [-0.25, -0.2) is 4.39 Å². The van der Waals surface area contributed by atoms with Crippen molar-refractivity contribution < 1.29 is 14.0 Å². The van der Waals surface area contributed by atoms with Crippen LogP contribution < -0.4 is 5.32 Å². The Balaban J connectivity index is 1.55. The normalized spacial score (nSPS) is 18.8. The number of halogens is 1. The molecular weight excluding hydrogens is 431 g/mol. The quantitative estimate of drug-likeness (QED) is 0.579. The highest BCUT2D eigenvalue weighted by Gasteiger charge is 2.40. The fraction of sp³-hybridized carbons (Fsp3) is 0.370. The average Bonchev–Trinajstić information content (AvgIpc) is 3.43. The number of carbonyl (C=O) groups is 2. The number of hydrogen-bond donors (Lipinski definition) is 1. The van der Waals surface area contributed by atoms with Crippen molar-refractivity contribution in [2.24, 2.45) is 7.05 Å². The zero-order chi connectivity index (χ0) is 24.2. The second-order valence-electron chi connectivity index (χ2n) is 9.27. The van der Waals surface area contributed by atoms with Crippen LogP contribution in [0.25, 0.3) is 0 Å². The number of amides is 2. The average molecular weight is 463 g/mol. The van der Waals surface area contributed by atoms with Gasteiger partial charge in [0.05, 0.1) is 25.2 Å². The van der Waals surface area contributed by atoms with E-state index < -0.39 is 18.3 Å². The lowest BCUT2D eigenvalue weighted by atomic mass is 9.95. The molecule has 0 saturated carbocycles. The molecule has 2 amide bonds. The molecule has 1 aliphatic heterocycles. The molecule has 0 spiro atoms. The lowest BCUT2D eigenvalue weighted by Crippen LogP contribution is -2.47. The molecule has 0 bridgehead atoms. The SMILES string of the molecule is CC(C)c1ccc([C@@H](NC(=O)[C@@H]2C[C@@H](F)CN2C(=O)Cc2cnn(C)c2)c2ccccc2)cc1. The summed E-state index contributed by atoms with van der Waals surface area (Å²) in [6.45, 7) is 4.20. The minimum atomic E-state index is -1.23. The summed E-state index contributed by atoms with van der Waals surface area (Å²) in [5.74, 6) is -0.217. The molecular formula is C27H31FN4O2. The molecule has 1 N–H and O–H groups in total. The number of nitrogens with zero attached hydrogens (tertiary/aromatic N) is 3. The number of benzene rings is 2. The Morgan fingerprint density at radius 1 is 1.06 bits per heavy atom. The molecule has 2 aromatic carbocycles. The van der Waals surface area contributed by atoms with Crippen LogP contribution in [-0.2, 0) is 23.1 Å². The molecule has 4 rings (SSSR count). The Morgan fingerprint density at radius 3 is 2.32 bits per heavy atom. The van der Waals surface area contributed by atoms with Crippen LogP contribution in [0.2, 0.25) is 0 Å². The van der Waals surface area contributed by atoms with Crippen molar-refractivity contribution >= 4 is 11.8 Å². The fourth-order valence-corrected chi connectivity index (χ4v) is 4.46. The number of alkyl halides is 1. The summed E-state index contributed by atoms with van der Waals surface area (Å²) in [6, 6.07) is 16.6. The van der Waals surface area contributed by atoms with Crippen LogP contribution in [0.5, 0.6) is 0 Å². The summed E-state index contributed by atoms with van der Waals surface area (Å²) in [6.07, 6.45) is 2.22. The van der Waals surface area contributed by atoms with Crippen molar-refractivity contribution in [2.75, 3.05) is 6.54 Å². The molecule has 34 heavy (non-hydrogen) atoms. The van der Waals surface area contributed by atoms with Crippen LogP contribution in [0.1, 0.15) is 54.5 Å². The van der Waals surface area contributed by atoms with Crippen molar-refractivity contribution in [3.63, 3.8) is 0 Å². The number of nitrogens with one attached hydrogen (secondary N) is 1. The van der Waals surface area contributed by atoms with Gasteiger partial charge in [0, 0.05) is 19.7 Å². The van der Waals surface area contributed by atoms with Crippen LogP contribution >= 0.6 is 0 Å². The lowest BCUT2D eigenvalue weighted by molar-refractivity contribution is -0.138. The van der Waals surface area contributed by atoms with Crippen LogP contribution in [0.4, 0.5) is 4.39 Å². The van der Waals surface area contributed by atoms with Crippen molar-refractivity contribution in [3.8, 4) is 0 Å². The van der Waals surface area contributed by atoms with Gasteiger partial charge in [-0.2, -0.15) is 5.10 Å². The highest BCUT2D eigenvalue weighted by Crippen LogP contribution is 2.27. The second kappa shape index (κ2) is 10.2. The number of rotatable bonds is 7. The minimum Gasteiger partial charge on any atom is -0.343 e. The second-order valence-corrected chi connectivity index (χ2v) is 9.27. The third-order valence-corrected chi connectivity index (χ3v) is 6.34. The van der Waals surface area contributed by atoms with Crippen molar-refractivity contribution in [1.29, 1.82) is 0 Å². The van der Waals surface area contributed by atoms with E-state index in [1.165, 1.54) is 10.5 Å². The number of aryl methyl sites for hydroxylation is 1. The molecule has 1 saturated heterocycles. The highest BCUT2D eigenvalue weighted by molar-refractivity contribution is 5.89.